The van der Waals surface area contributed by atoms with E-state index >= 15 is 0 Å². The number of hydrogen-bond donors (Lipinski definition) is 1. The van der Waals surface area contributed by atoms with Gasteiger partial charge in [0.25, 0.3) is 0 Å². The molecule has 6 nitrogen and oxygen atoms in total. The number of benzene rings is 2. The van der Waals surface area contributed by atoms with Crippen LogP contribution in [0.25, 0.3) is 11.4 Å². The zero-order valence-electron chi connectivity index (χ0n) is 16.8. The van der Waals surface area contributed by atoms with Crippen molar-refractivity contribution in [1.82, 2.24) is 15.0 Å². The number of hydrogen-bond acceptors (Lipinski definition) is 6. The molecule has 29 heavy (non-hydrogen) atoms. The first kappa shape index (κ1) is 19.6. The monoisotopic (exact) mass is 393 g/mol. The van der Waals surface area contributed by atoms with Gasteiger partial charge in [-0.25, -0.2) is 0 Å². The maximum atomic E-state index is 10.3. The lowest BCUT2D eigenvalue weighted by molar-refractivity contribution is 0.0246. The van der Waals surface area contributed by atoms with Crippen molar-refractivity contribution in [3.05, 3.63) is 66.1 Å². The lowest BCUT2D eigenvalue weighted by atomic mass is 9.75. The van der Waals surface area contributed by atoms with Gasteiger partial charge in [-0.1, -0.05) is 47.6 Å². The highest BCUT2D eigenvalue weighted by Gasteiger charge is 2.35. The lowest BCUT2D eigenvalue weighted by Crippen LogP contribution is -2.46. The fourth-order valence-electron chi connectivity index (χ4n) is 4.20. The van der Waals surface area contributed by atoms with Crippen LogP contribution in [-0.4, -0.2) is 47.0 Å². The summed E-state index contributed by atoms with van der Waals surface area (Å²) >= 11 is 0. The topological polar surface area (TPSA) is 71.6 Å². The number of nitrogens with zero attached hydrogens (tertiary/aromatic N) is 3. The van der Waals surface area contributed by atoms with E-state index in [9.17, 15) is 5.11 Å². The summed E-state index contributed by atoms with van der Waals surface area (Å²) in [5.41, 5.74) is 1.96. The van der Waals surface area contributed by atoms with Gasteiger partial charge in [-0.2, -0.15) is 4.98 Å². The molecule has 2 aromatic carbocycles. The predicted molar refractivity (Wildman–Crippen MR) is 110 cm³/mol. The number of rotatable bonds is 7. The van der Waals surface area contributed by atoms with Gasteiger partial charge in [-0.05, 0) is 43.5 Å². The van der Waals surface area contributed by atoms with Crippen LogP contribution in [0.15, 0.2) is 59.1 Å². The number of aliphatic hydroxyl groups excluding tert-OH is 1. The molecule has 4 rings (SSSR count). The Kier molecular flexibility index (Phi) is 5.92. The molecule has 0 amide bonds. The standard InChI is InChI=1S/C23H27N3O3/c1-28-20-10-5-7-18(13-20)14-23(17-27)11-6-12-26(16-23)15-21-24-22(25-29-21)19-8-3-2-4-9-19/h2-5,7-10,13,27H,6,11-12,14-17H2,1H3. The average Bonchev–Trinajstić information content (AvgIpc) is 3.23. The van der Waals surface area contributed by atoms with E-state index in [1.165, 1.54) is 5.56 Å². The summed E-state index contributed by atoms with van der Waals surface area (Å²) in [4.78, 5) is 6.86. The minimum Gasteiger partial charge on any atom is -0.497 e. The molecule has 1 N–H and O–H groups in total. The number of methoxy groups -OCH3 is 1. The molecule has 0 saturated carbocycles. The second-order valence-electron chi connectivity index (χ2n) is 7.88. The van der Waals surface area contributed by atoms with E-state index in [1.807, 2.05) is 42.5 Å². The molecule has 0 bridgehead atoms. The largest absolute Gasteiger partial charge is 0.497 e. The van der Waals surface area contributed by atoms with E-state index in [2.05, 4.69) is 27.2 Å². The molecular weight excluding hydrogens is 366 g/mol. The molecule has 1 aromatic heterocycles. The van der Waals surface area contributed by atoms with Gasteiger partial charge in [0.05, 0.1) is 20.3 Å². The summed E-state index contributed by atoms with van der Waals surface area (Å²) in [7, 11) is 1.68. The highest BCUT2D eigenvalue weighted by atomic mass is 16.5. The Morgan fingerprint density at radius 2 is 2.03 bits per heavy atom. The number of aliphatic hydroxyl groups is 1. The van der Waals surface area contributed by atoms with Crippen molar-refractivity contribution >= 4 is 0 Å². The Morgan fingerprint density at radius 1 is 1.17 bits per heavy atom. The smallest absolute Gasteiger partial charge is 0.241 e. The Balaban J connectivity index is 1.45. The second-order valence-corrected chi connectivity index (χ2v) is 7.88. The van der Waals surface area contributed by atoms with Gasteiger partial charge in [0.1, 0.15) is 5.75 Å². The maximum Gasteiger partial charge on any atom is 0.241 e. The van der Waals surface area contributed by atoms with Crippen molar-refractivity contribution in [2.24, 2.45) is 5.41 Å². The van der Waals surface area contributed by atoms with Crippen LogP contribution in [0.3, 0.4) is 0 Å². The maximum absolute atomic E-state index is 10.3. The van der Waals surface area contributed by atoms with E-state index in [0.29, 0.717) is 18.3 Å². The molecule has 0 spiro atoms. The Labute approximate surface area is 171 Å². The first-order valence-corrected chi connectivity index (χ1v) is 10.0. The fraction of sp³-hybridized carbons (Fsp3) is 0.391. The van der Waals surface area contributed by atoms with Crippen molar-refractivity contribution in [2.75, 3.05) is 26.8 Å². The molecule has 1 atom stereocenters. The van der Waals surface area contributed by atoms with Gasteiger partial charge in [0, 0.05) is 17.5 Å². The normalized spacial score (nSPS) is 19.9. The van der Waals surface area contributed by atoms with Crippen LogP contribution in [0.4, 0.5) is 0 Å². The minimum atomic E-state index is -0.174. The van der Waals surface area contributed by atoms with Crippen molar-refractivity contribution < 1.29 is 14.4 Å². The van der Waals surface area contributed by atoms with E-state index in [1.54, 1.807) is 7.11 Å². The number of likely N-dealkylation sites (tertiary alicyclic amines) is 1. The summed E-state index contributed by atoms with van der Waals surface area (Å²) in [5, 5.41) is 14.4. The molecule has 1 fully saturated rings. The molecule has 0 radical (unpaired) electrons. The van der Waals surface area contributed by atoms with E-state index in [0.717, 1.165) is 43.7 Å². The van der Waals surface area contributed by atoms with E-state index in [-0.39, 0.29) is 12.0 Å². The third kappa shape index (κ3) is 4.66. The molecular formula is C23H27N3O3. The average molecular weight is 393 g/mol. The Bertz CT molecular complexity index is 928. The van der Waals surface area contributed by atoms with Crippen molar-refractivity contribution in [3.8, 4) is 17.1 Å². The van der Waals surface area contributed by atoms with E-state index < -0.39 is 0 Å². The second kappa shape index (κ2) is 8.76. The van der Waals surface area contributed by atoms with Gasteiger partial charge in [0.15, 0.2) is 0 Å². The molecule has 0 aliphatic carbocycles. The third-order valence-corrected chi connectivity index (χ3v) is 5.65. The number of piperidine rings is 1. The lowest BCUT2D eigenvalue weighted by Gasteiger charge is -2.41. The van der Waals surface area contributed by atoms with Gasteiger partial charge in [0.2, 0.25) is 11.7 Å². The predicted octanol–water partition coefficient (Wildman–Crippen LogP) is 3.56. The highest BCUT2D eigenvalue weighted by Crippen LogP contribution is 2.34. The molecule has 3 aromatic rings. The van der Waals surface area contributed by atoms with Crippen LogP contribution in [-0.2, 0) is 13.0 Å². The summed E-state index contributed by atoms with van der Waals surface area (Å²) < 4.78 is 10.8. The zero-order chi connectivity index (χ0) is 20.1. The minimum absolute atomic E-state index is 0.153. The molecule has 1 aliphatic rings. The van der Waals surface area contributed by atoms with E-state index in [4.69, 9.17) is 9.26 Å². The fourth-order valence-corrected chi connectivity index (χ4v) is 4.20. The molecule has 1 aliphatic heterocycles. The van der Waals surface area contributed by atoms with Gasteiger partial charge < -0.3 is 14.4 Å². The van der Waals surface area contributed by atoms with Gasteiger partial charge in [-0.15, -0.1) is 0 Å². The summed E-state index contributed by atoms with van der Waals surface area (Å²) in [6, 6.07) is 17.9. The summed E-state index contributed by atoms with van der Waals surface area (Å²) in [6.07, 6.45) is 2.84. The van der Waals surface area contributed by atoms with Crippen LogP contribution >= 0.6 is 0 Å². The molecule has 1 saturated heterocycles. The van der Waals surface area contributed by atoms with Crippen LogP contribution < -0.4 is 4.74 Å². The number of ether oxygens (including phenoxy) is 1. The van der Waals surface area contributed by atoms with Crippen LogP contribution in [0.1, 0.15) is 24.3 Å². The van der Waals surface area contributed by atoms with Crippen molar-refractivity contribution in [1.29, 1.82) is 0 Å². The summed E-state index contributed by atoms with van der Waals surface area (Å²) in [5.74, 6) is 2.07. The van der Waals surface area contributed by atoms with Crippen molar-refractivity contribution in [2.45, 2.75) is 25.8 Å². The molecule has 152 valence electrons. The van der Waals surface area contributed by atoms with Crippen LogP contribution in [0.5, 0.6) is 5.75 Å². The van der Waals surface area contributed by atoms with Gasteiger partial charge >= 0.3 is 0 Å². The van der Waals surface area contributed by atoms with Crippen LogP contribution in [0.2, 0.25) is 0 Å². The summed E-state index contributed by atoms with van der Waals surface area (Å²) in [6.45, 7) is 2.51. The highest BCUT2D eigenvalue weighted by molar-refractivity contribution is 5.53. The molecule has 1 unspecified atom stereocenters. The quantitative estimate of drug-likeness (QED) is 0.662. The SMILES string of the molecule is COc1cccc(CC2(CO)CCCN(Cc3nc(-c4ccccc4)no3)C2)c1. The van der Waals surface area contributed by atoms with Gasteiger partial charge in [-0.3, -0.25) is 4.90 Å². The third-order valence-electron chi connectivity index (χ3n) is 5.65. The number of aromatic nitrogens is 2. The Morgan fingerprint density at radius 3 is 2.83 bits per heavy atom. The first-order chi connectivity index (χ1) is 14.2. The first-order valence-electron chi connectivity index (χ1n) is 10.0. The Hall–Kier alpha value is -2.70. The molecule has 2 heterocycles. The van der Waals surface area contributed by atoms with Crippen molar-refractivity contribution in [3.63, 3.8) is 0 Å². The molecule has 6 heteroatoms. The zero-order valence-corrected chi connectivity index (χ0v) is 16.8. The van der Waals surface area contributed by atoms with Crippen LogP contribution in [0, 0.1) is 5.41 Å².